The monoisotopic (exact) mass is 344 g/mol. The van der Waals surface area contributed by atoms with E-state index < -0.39 is 0 Å². The van der Waals surface area contributed by atoms with Crippen LogP contribution in [0.15, 0.2) is 42.5 Å². The van der Waals surface area contributed by atoms with Crippen LogP contribution in [0.25, 0.3) is 0 Å². The highest BCUT2D eigenvalue weighted by molar-refractivity contribution is 6.31. The first-order valence-corrected chi connectivity index (χ1v) is 8.20. The molecule has 2 aromatic rings. The number of aryl methyl sites for hydroxylation is 2. The maximum atomic E-state index is 11.9. The Morgan fingerprint density at radius 2 is 1.71 bits per heavy atom. The predicted molar refractivity (Wildman–Crippen MR) is 97.3 cm³/mol. The molecule has 0 aromatic heterocycles. The van der Waals surface area contributed by atoms with Gasteiger partial charge in [-0.05, 0) is 43.5 Å². The first-order chi connectivity index (χ1) is 11.5. The summed E-state index contributed by atoms with van der Waals surface area (Å²) in [7, 11) is 0. The van der Waals surface area contributed by atoms with Crippen LogP contribution < -0.4 is 10.6 Å². The van der Waals surface area contributed by atoms with Gasteiger partial charge in [0.1, 0.15) is 0 Å². The molecule has 0 aliphatic carbocycles. The molecular formula is C19H21ClN2O2. The van der Waals surface area contributed by atoms with Crippen molar-refractivity contribution in [3.8, 4) is 0 Å². The van der Waals surface area contributed by atoms with Crippen LogP contribution in [-0.4, -0.2) is 18.4 Å². The number of nitrogens with one attached hydrogen (secondary N) is 2. The van der Waals surface area contributed by atoms with Crippen LogP contribution >= 0.6 is 11.6 Å². The zero-order valence-electron chi connectivity index (χ0n) is 13.9. The first kappa shape index (κ1) is 18.0. The Morgan fingerprint density at radius 3 is 2.42 bits per heavy atom. The predicted octanol–water partition coefficient (Wildman–Crippen LogP) is 3.64. The van der Waals surface area contributed by atoms with Gasteiger partial charge in [-0.15, -0.1) is 0 Å². The van der Waals surface area contributed by atoms with Gasteiger partial charge in [-0.2, -0.15) is 0 Å². The molecule has 2 aromatic carbocycles. The number of hydrogen-bond donors (Lipinski definition) is 2. The van der Waals surface area contributed by atoms with Crippen molar-refractivity contribution in [3.63, 3.8) is 0 Å². The summed E-state index contributed by atoms with van der Waals surface area (Å²) in [4.78, 5) is 23.8. The van der Waals surface area contributed by atoms with Crippen LogP contribution in [0.2, 0.25) is 5.02 Å². The Bertz CT molecular complexity index is 727. The highest BCUT2D eigenvalue weighted by Crippen LogP contribution is 2.22. The second kappa shape index (κ2) is 8.50. The number of rotatable bonds is 6. The summed E-state index contributed by atoms with van der Waals surface area (Å²) in [5, 5.41) is 5.98. The van der Waals surface area contributed by atoms with Gasteiger partial charge in [-0.1, -0.05) is 47.5 Å². The van der Waals surface area contributed by atoms with Crippen molar-refractivity contribution >= 4 is 29.1 Å². The molecule has 126 valence electrons. The molecule has 0 saturated carbocycles. The van der Waals surface area contributed by atoms with E-state index in [9.17, 15) is 9.59 Å². The van der Waals surface area contributed by atoms with Crippen molar-refractivity contribution in [2.45, 2.75) is 26.7 Å². The summed E-state index contributed by atoms with van der Waals surface area (Å²) in [6, 6.07) is 13.4. The van der Waals surface area contributed by atoms with Crippen molar-refractivity contribution in [1.82, 2.24) is 5.32 Å². The summed E-state index contributed by atoms with van der Waals surface area (Å²) in [6.07, 6.45) is 1.01. The average Bonchev–Trinajstić information content (AvgIpc) is 2.56. The van der Waals surface area contributed by atoms with Crippen molar-refractivity contribution in [3.05, 3.63) is 64.2 Å². The van der Waals surface area contributed by atoms with E-state index in [0.29, 0.717) is 23.6 Å². The average molecular weight is 345 g/mol. The second-order valence-corrected chi connectivity index (χ2v) is 6.13. The lowest BCUT2D eigenvalue weighted by Crippen LogP contribution is -2.33. The van der Waals surface area contributed by atoms with Gasteiger partial charge < -0.3 is 10.6 Å². The van der Waals surface area contributed by atoms with Gasteiger partial charge in [0.15, 0.2) is 0 Å². The van der Waals surface area contributed by atoms with E-state index in [0.717, 1.165) is 11.1 Å². The first-order valence-electron chi connectivity index (χ1n) is 7.83. The van der Waals surface area contributed by atoms with Gasteiger partial charge >= 0.3 is 0 Å². The molecule has 0 aliphatic rings. The third-order valence-corrected chi connectivity index (χ3v) is 4.16. The summed E-state index contributed by atoms with van der Waals surface area (Å²) in [5.41, 5.74) is 3.76. The van der Waals surface area contributed by atoms with Crippen LogP contribution in [0.4, 0.5) is 5.69 Å². The molecule has 0 unspecified atom stereocenters. The maximum Gasteiger partial charge on any atom is 0.243 e. The largest absolute Gasteiger partial charge is 0.347 e. The smallest absolute Gasteiger partial charge is 0.243 e. The van der Waals surface area contributed by atoms with Crippen LogP contribution in [-0.2, 0) is 16.0 Å². The number of anilines is 1. The van der Waals surface area contributed by atoms with Crippen LogP contribution in [0.5, 0.6) is 0 Å². The number of carbonyl (C=O) groups is 2. The van der Waals surface area contributed by atoms with E-state index in [1.165, 1.54) is 5.56 Å². The summed E-state index contributed by atoms with van der Waals surface area (Å²) >= 11 is 6.01. The molecular weight excluding hydrogens is 324 g/mol. The lowest BCUT2D eigenvalue weighted by molar-refractivity contribution is -0.124. The fourth-order valence-corrected chi connectivity index (χ4v) is 2.39. The third-order valence-electron chi connectivity index (χ3n) is 3.75. The van der Waals surface area contributed by atoms with E-state index in [1.54, 1.807) is 18.2 Å². The minimum Gasteiger partial charge on any atom is -0.347 e. The fourth-order valence-electron chi connectivity index (χ4n) is 2.22. The van der Waals surface area contributed by atoms with Gasteiger partial charge in [0.05, 0.1) is 6.54 Å². The molecule has 0 aliphatic heterocycles. The Hall–Kier alpha value is -2.33. The number of amides is 2. The zero-order valence-corrected chi connectivity index (χ0v) is 14.6. The van der Waals surface area contributed by atoms with Crippen LogP contribution in [0.3, 0.4) is 0 Å². The fraction of sp³-hybridized carbons (Fsp3) is 0.263. The van der Waals surface area contributed by atoms with Gasteiger partial charge in [-0.25, -0.2) is 0 Å². The summed E-state index contributed by atoms with van der Waals surface area (Å²) in [5.74, 6) is -0.419. The highest BCUT2D eigenvalue weighted by Gasteiger charge is 2.08. The minimum absolute atomic E-state index is 0.0569. The molecule has 0 spiro atoms. The van der Waals surface area contributed by atoms with Gasteiger partial charge in [-0.3, -0.25) is 9.59 Å². The maximum absolute atomic E-state index is 11.9. The molecule has 24 heavy (non-hydrogen) atoms. The van der Waals surface area contributed by atoms with Crippen LogP contribution in [0, 0.1) is 13.8 Å². The topological polar surface area (TPSA) is 58.2 Å². The van der Waals surface area contributed by atoms with Crippen LogP contribution in [0.1, 0.15) is 23.1 Å². The number of hydrogen-bond acceptors (Lipinski definition) is 2. The van der Waals surface area contributed by atoms with Crippen molar-refractivity contribution in [1.29, 1.82) is 0 Å². The molecule has 0 saturated heterocycles. The quantitative estimate of drug-likeness (QED) is 0.840. The Balaban J connectivity index is 1.75. The van der Waals surface area contributed by atoms with E-state index in [4.69, 9.17) is 11.6 Å². The molecule has 5 heteroatoms. The summed E-state index contributed by atoms with van der Waals surface area (Å²) < 4.78 is 0. The Labute approximate surface area is 147 Å². The molecule has 0 radical (unpaired) electrons. The highest BCUT2D eigenvalue weighted by atomic mass is 35.5. The Morgan fingerprint density at radius 1 is 1.00 bits per heavy atom. The van der Waals surface area contributed by atoms with E-state index in [-0.39, 0.29) is 18.4 Å². The van der Waals surface area contributed by atoms with E-state index >= 15 is 0 Å². The SMILES string of the molecule is Cc1ccc(CCC(=O)NCC(=O)Nc2cccc(Cl)c2C)cc1. The normalized spacial score (nSPS) is 10.3. The lowest BCUT2D eigenvalue weighted by Gasteiger charge is -2.10. The molecule has 0 heterocycles. The van der Waals surface area contributed by atoms with Gasteiger partial charge in [0.2, 0.25) is 11.8 Å². The second-order valence-electron chi connectivity index (χ2n) is 5.72. The van der Waals surface area contributed by atoms with Gasteiger partial charge in [0, 0.05) is 17.1 Å². The van der Waals surface area contributed by atoms with Gasteiger partial charge in [0.25, 0.3) is 0 Å². The Kier molecular flexibility index (Phi) is 6.38. The molecule has 0 bridgehead atoms. The molecule has 4 nitrogen and oxygen atoms in total. The van der Waals surface area contributed by atoms with Crippen molar-refractivity contribution in [2.75, 3.05) is 11.9 Å². The van der Waals surface area contributed by atoms with E-state index in [1.807, 2.05) is 38.1 Å². The summed E-state index contributed by atoms with van der Waals surface area (Å²) in [6.45, 7) is 3.80. The van der Waals surface area contributed by atoms with Crippen molar-refractivity contribution < 1.29 is 9.59 Å². The third kappa shape index (κ3) is 5.39. The number of carbonyl (C=O) groups excluding carboxylic acids is 2. The molecule has 2 N–H and O–H groups in total. The lowest BCUT2D eigenvalue weighted by atomic mass is 10.1. The van der Waals surface area contributed by atoms with E-state index in [2.05, 4.69) is 10.6 Å². The molecule has 0 fully saturated rings. The van der Waals surface area contributed by atoms with Crippen molar-refractivity contribution in [2.24, 2.45) is 0 Å². The number of halogens is 1. The zero-order chi connectivity index (χ0) is 17.5. The standard InChI is InChI=1S/C19H21ClN2O2/c1-13-6-8-15(9-7-13)10-11-18(23)21-12-19(24)22-17-5-3-4-16(20)14(17)2/h3-9H,10-12H2,1-2H3,(H,21,23)(H,22,24). The molecule has 2 rings (SSSR count). The molecule has 2 amide bonds. The molecule has 0 atom stereocenters. The number of benzene rings is 2. The minimum atomic E-state index is -0.274.